The lowest BCUT2D eigenvalue weighted by Gasteiger charge is -2.38. The van der Waals surface area contributed by atoms with E-state index in [2.05, 4.69) is 82.3 Å². The molecule has 0 aliphatic carbocycles. The minimum absolute atomic E-state index is 0.638. The van der Waals surface area contributed by atoms with E-state index in [4.69, 9.17) is 11.6 Å². The number of imidazole rings is 1. The van der Waals surface area contributed by atoms with Crippen molar-refractivity contribution in [2.24, 2.45) is 0 Å². The van der Waals surface area contributed by atoms with Crippen LogP contribution in [0.2, 0.25) is 5.02 Å². The average molecular weight is 477 g/mol. The zero-order valence-corrected chi connectivity index (χ0v) is 19.8. The Labute approximate surface area is 210 Å². The SMILES string of the molecule is OC(/C=C/c1nccn1C(c1ccccc1)(c1ccccc1)c1ccccc1)c1ccc(Cl)cc1. The summed E-state index contributed by atoms with van der Waals surface area (Å²) in [5.41, 5.74) is 3.45. The third-order valence-corrected chi connectivity index (χ3v) is 6.50. The first-order chi connectivity index (χ1) is 17.2. The van der Waals surface area contributed by atoms with Gasteiger partial charge in [0.1, 0.15) is 11.4 Å². The Bertz CT molecular complexity index is 1300. The standard InChI is InChI=1S/C31H25ClN2O/c32-28-18-16-24(17-19-28)29(35)20-21-30-33-22-23-34(30)31(25-10-4-1-5-11-25,26-12-6-2-7-13-26)27-14-8-3-9-15-27/h1-23,29,35H/b21-20+. The molecule has 1 heterocycles. The number of hydrogen-bond acceptors (Lipinski definition) is 2. The quantitative estimate of drug-likeness (QED) is 0.254. The molecule has 0 saturated carbocycles. The van der Waals surface area contributed by atoms with E-state index in [9.17, 15) is 5.11 Å². The summed E-state index contributed by atoms with van der Waals surface area (Å²) in [5.74, 6) is 0.731. The summed E-state index contributed by atoms with van der Waals surface area (Å²) in [6, 6.07) is 38.6. The van der Waals surface area contributed by atoms with Gasteiger partial charge in [-0.15, -0.1) is 0 Å². The van der Waals surface area contributed by atoms with Crippen molar-refractivity contribution in [3.8, 4) is 0 Å². The van der Waals surface area contributed by atoms with E-state index < -0.39 is 11.6 Å². The first kappa shape index (κ1) is 22.9. The molecule has 35 heavy (non-hydrogen) atoms. The molecule has 0 radical (unpaired) electrons. The summed E-state index contributed by atoms with van der Waals surface area (Å²) in [7, 11) is 0. The Morgan fingerprint density at radius 1 is 0.714 bits per heavy atom. The molecule has 1 aromatic heterocycles. The van der Waals surface area contributed by atoms with Gasteiger partial charge in [-0.05, 0) is 46.5 Å². The monoisotopic (exact) mass is 476 g/mol. The Morgan fingerprint density at radius 2 is 1.20 bits per heavy atom. The highest BCUT2D eigenvalue weighted by Gasteiger charge is 2.39. The normalized spacial score (nSPS) is 12.6. The highest BCUT2D eigenvalue weighted by atomic mass is 35.5. The van der Waals surface area contributed by atoms with Crippen LogP contribution < -0.4 is 0 Å². The van der Waals surface area contributed by atoms with Gasteiger partial charge >= 0.3 is 0 Å². The lowest BCUT2D eigenvalue weighted by molar-refractivity contribution is 0.229. The molecular formula is C31H25ClN2O. The maximum Gasteiger partial charge on any atom is 0.133 e. The summed E-state index contributed by atoms with van der Waals surface area (Å²) < 4.78 is 2.18. The predicted molar refractivity (Wildman–Crippen MR) is 142 cm³/mol. The Kier molecular flexibility index (Phi) is 6.62. The number of benzene rings is 4. The van der Waals surface area contributed by atoms with Gasteiger partial charge < -0.3 is 9.67 Å². The first-order valence-corrected chi connectivity index (χ1v) is 11.9. The van der Waals surface area contributed by atoms with Crippen molar-refractivity contribution < 1.29 is 5.11 Å². The van der Waals surface area contributed by atoms with Gasteiger partial charge in [-0.2, -0.15) is 0 Å². The second kappa shape index (κ2) is 10.1. The minimum atomic E-state index is -0.781. The number of halogens is 1. The van der Waals surface area contributed by atoms with Crippen molar-refractivity contribution in [2.45, 2.75) is 11.6 Å². The summed E-state index contributed by atoms with van der Waals surface area (Å²) in [6.07, 6.45) is 6.66. The van der Waals surface area contributed by atoms with Crippen LogP contribution in [-0.4, -0.2) is 14.7 Å². The average Bonchev–Trinajstić information content (AvgIpc) is 3.39. The van der Waals surface area contributed by atoms with Crippen LogP contribution >= 0.6 is 11.6 Å². The van der Waals surface area contributed by atoms with Crippen molar-refractivity contribution in [1.82, 2.24) is 9.55 Å². The molecule has 4 aromatic carbocycles. The van der Waals surface area contributed by atoms with Crippen molar-refractivity contribution in [3.63, 3.8) is 0 Å². The third-order valence-electron chi connectivity index (χ3n) is 6.24. The summed E-state index contributed by atoms with van der Waals surface area (Å²) in [4.78, 5) is 4.68. The molecule has 5 aromatic rings. The molecule has 172 valence electrons. The molecule has 1 N–H and O–H groups in total. The molecule has 0 amide bonds. The largest absolute Gasteiger partial charge is 0.384 e. The molecule has 3 nitrogen and oxygen atoms in total. The molecule has 0 aliphatic heterocycles. The molecular weight excluding hydrogens is 452 g/mol. The van der Waals surface area contributed by atoms with Crippen LogP contribution in [0.25, 0.3) is 6.08 Å². The van der Waals surface area contributed by atoms with E-state index in [1.807, 2.05) is 42.6 Å². The highest BCUT2D eigenvalue weighted by molar-refractivity contribution is 6.30. The fourth-order valence-corrected chi connectivity index (χ4v) is 4.75. The fourth-order valence-electron chi connectivity index (χ4n) is 4.63. The molecule has 0 saturated heterocycles. The number of aliphatic hydroxyl groups is 1. The summed E-state index contributed by atoms with van der Waals surface area (Å²) in [6.45, 7) is 0. The molecule has 4 heteroatoms. The number of nitrogens with zero attached hydrogens (tertiary/aromatic N) is 2. The Morgan fingerprint density at radius 3 is 1.69 bits per heavy atom. The molecule has 0 fully saturated rings. The van der Waals surface area contributed by atoms with E-state index in [1.54, 1.807) is 24.4 Å². The van der Waals surface area contributed by atoms with Crippen molar-refractivity contribution in [2.75, 3.05) is 0 Å². The van der Waals surface area contributed by atoms with Crippen LogP contribution in [0.4, 0.5) is 0 Å². The number of rotatable bonds is 7. The maximum atomic E-state index is 10.8. The van der Waals surface area contributed by atoms with Crippen LogP contribution in [0.3, 0.4) is 0 Å². The van der Waals surface area contributed by atoms with Gasteiger partial charge in [0.25, 0.3) is 0 Å². The van der Waals surface area contributed by atoms with Crippen LogP contribution in [0.1, 0.15) is 34.2 Å². The van der Waals surface area contributed by atoms with Crippen molar-refractivity contribution in [1.29, 1.82) is 0 Å². The van der Waals surface area contributed by atoms with Gasteiger partial charge in [-0.3, -0.25) is 0 Å². The van der Waals surface area contributed by atoms with Gasteiger partial charge in [0.05, 0.1) is 6.10 Å². The highest BCUT2D eigenvalue weighted by Crippen LogP contribution is 2.41. The Hall–Kier alpha value is -3.92. The van der Waals surface area contributed by atoms with E-state index in [0.717, 1.165) is 28.1 Å². The molecule has 0 aliphatic rings. The van der Waals surface area contributed by atoms with Gasteiger partial charge in [0.15, 0.2) is 0 Å². The Balaban J connectivity index is 1.70. The molecule has 5 rings (SSSR count). The van der Waals surface area contributed by atoms with Crippen LogP contribution in [0.5, 0.6) is 0 Å². The number of aromatic nitrogens is 2. The van der Waals surface area contributed by atoms with Crippen molar-refractivity contribution in [3.05, 3.63) is 167 Å². The van der Waals surface area contributed by atoms with Gasteiger partial charge in [-0.1, -0.05) is 115 Å². The van der Waals surface area contributed by atoms with Gasteiger partial charge in [0.2, 0.25) is 0 Å². The number of hydrogen-bond donors (Lipinski definition) is 1. The van der Waals surface area contributed by atoms with E-state index in [-0.39, 0.29) is 0 Å². The second-order valence-electron chi connectivity index (χ2n) is 8.32. The second-order valence-corrected chi connectivity index (χ2v) is 8.76. The lowest BCUT2D eigenvalue weighted by Crippen LogP contribution is -2.38. The minimum Gasteiger partial charge on any atom is -0.384 e. The predicted octanol–water partition coefficient (Wildman–Crippen LogP) is 7.12. The zero-order chi connectivity index (χ0) is 24.1. The number of aliphatic hydroxyl groups excluding tert-OH is 1. The maximum absolute atomic E-state index is 10.8. The topological polar surface area (TPSA) is 38.1 Å². The van der Waals surface area contributed by atoms with E-state index in [0.29, 0.717) is 5.02 Å². The van der Waals surface area contributed by atoms with Gasteiger partial charge in [-0.25, -0.2) is 4.98 Å². The molecule has 1 unspecified atom stereocenters. The lowest BCUT2D eigenvalue weighted by atomic mass is 9.76. The summed E-state index contributed by atoms with van der Waals surface area (Å²) in [5, 5.41) is 11.4. The van der Waals surface area contributed by atoms with E-state index >= 15 is 0 Å². The van der Waals surface area contributed by atoms with Crippen LogP contribution in [-0.2, 0) is 5.54 Å². The first-order valence-electron chi connectivity index (χ1n) is 11.5. The smallest absolute Gasteiger partial charge is 0.133 e. The molecule has 0 bridgehead atoms. The fraction of sp³-hybridized carbons (Fsp3) is 0.0645. The van der Waals surface area contributed by atoms with Gasteiger partial charge in [0, 0.05) is 17.4 Å². The third kappa shape index (κ3) is 4.44. The zero-order valence-electron chi connectivity index (χ0n) is 19.1. The summed E-state index contributed by atoms with van der Waals surface area (Å²) >= 11 is 6.01. The molecule has 1 atom stereocenters. The molecule has 0 spiro atoms. The van der Waals surface area contributed by atoms with Crippen LogP contribution in [0, 0.1) is 0 Å². The van der Waals surface area contributed by atoms with E-state index in [1.165, 1.54) is 0 Å². The van der Waals surface area contributed by atoms with Crippen molar-refractivity contribution >= 4 is 17.7 Å². The van der Waals surface area contributed by atoms with Crippen LogP contribution in [0.15, 0.2) is 134 Å².